The van der Waals surface area contributed by atoms with Crippen LogP contribution in [0.2, 0.25) is 5.02 Å². The summed E-state index contributed by atoms with van der Waals surface area (Å²) in [6, 6.07) is 5.02. The summed E-state index contributed by atoms with van der Waals surface area (Å²) >= 11 is 6.10. The summed E-state index contributed by atoms with van der Waals surface area (Å²) < 4.78 is 25.4. The number of hydrogen-bond acceptors (Lipinski definition) is 3. The largest absolute Gasteiger partial charge is 0.341 e. The van der Waals surface area contributed by atoms with Crippen LogP contribution in [0.25, 0.3) is 0 Å². The van der Waals surface area contributed by atoms with E-state index in [2.05, 4.69) is 6.92 Å². The topological polar surface area (TPSA) is 57.7 Å². The molecule has 0 bridgehead atoms. The molecule has 1 amide bonds. The molecule has 5 nitrogen and oxygen atoms in total. The third-order valence-corrected chi connectivity index (χ3v) is 5.68. The Bertz CT molecular complexity index is 691. The Morgan fingerprint density at radius 2 is 2.13 bits per heavy atom. The number of carbonyl (C=O) groups is 1. The van der Waals surface area contributed by atoms with Crippen LogP contribution in [0.1, 0.15) is 25.3 Å². The molecule has 1 fully saturated rings. The first kappa shape index (κ1) is 18.1. The first-order valence-corrected chi connectivity index (χ1v) is 9.92. The third kappa shape index (κ3) is 4.61. The third-order valence-electron chi connectivity index (χ3n) is 4.13. The molecule has 0 N–H and O–H groups in total. The zero-order chi connectivity index (χ0) is 17.2. The molecule has 0 aliphatic carbocycles. The van der Waals surface area contributed by atoms with Crippen molar-refractivity contribution in [1.29, 1.82) is 0 Å². The average Bonchev–Trinajstić information content (AvgIpc) is 2.46. The minimum atomic E-state index is -3.57. The van der Waals surface area contributed by atoms with Crippen molar-refractivity contribution in [2.24, 2.45) is 5.92 Å². The summed E-state index contributed by atoms with van der Waals surface area (Å²) in [5.74, 6) is 0.284. The Balaban J connectivity index is 2.22. The zero-order valence-electron chi connectivity index (χ0n) is 13.8. The Hall–Kier alpha value is -1.27. The molecule has 0 aromatic heterocycles. The van der Waals surface area contributed by atoms with Crippen LogP contribution in [0.3, 0.4) is 0 Å². The minimum Gasteiger partial charge on any atom is -0.341 e. The number of carbonyl (C=O) groups excluding carboxylic acids is 1. The molecule has 0 spiro atoms. The monoisotopic (exact) mass is 358 g/mol. The Morgan fingerprint density at radius 1 is 1.43 bits per heavy atom. The van der Waals surface area contributed by atoms with Crippen molar-refractivity contribution in [3.05, 3.63) is 28.8 Å². The van der Waals surface area contributed by atoms with Crippen LogP contribution in [0, 0.1) is 12.8 Å². The smallest absolute Gasteiger partial charge is 0.243 e. The van der Waals surface area contributed by atoms with Crippen LogP contribution in [0.5, 0.6) is 0 Å². The number of amides is 1. The van der Waals surface area contributed by atoms with Crippen molar-refractivity contribution >= 4 is 33.2 Å². The van der Waals surface area contributed by atoms with Gasteiger partial charge in [0.05, 0.1) is 11.9 Å². The first-order valence-electron chi connectivity index (χ1n) is 7.70. The van der Waals surface area contributed by atoms with E-state index >= 15 is 0 Å². The number of anilines is 1. The van der Waals surface area contributed by atoms with E-state index in [1.165, 1.54) is 0 Å². The Kier molecular flexibility index (Phi) is 5.57. The van der Waals surface area contributed by atoms with E-state index in [9.17, 15) is 13.2 Å². The van der Waals surface area contributed by atoms with Gasteiger partial charge < -0.3 is 4.90 Å². The molecular formula is C16H23ClN2O3S. The molecule has 0 unspecified atom stereocenters. The van der Waals surface area contributed by atoms with Crippen LogP contribution < -0.4 is 4.31 Å². The van der Waals surface area contributed by atoms with Crippen LogP contribution >= 0.6 is 11.6 Å². The van der Waals surface area contributed by atoms with Gasteiger partial charge in [0.2, 0.25) is 15.9 Å². The van der Waals surface area contributed by atoms with Gasteiger partial charge in [-0.2, -0.15) is 0 Å². The lowest BCUT2D eigenvalue weighted by molar-refractivity contribution is -0.131. The van der Waals surface area contributed by atoms with Gasteiger partial charge in [-0.1, -0.05) is 24.6 Å². The summed E-state index contributed by atoms with van der Waals surface area (Å²) in [7, 11) is -3.57. The van der Waals surface area contributed by atoms with Crippen molar-refractivity contribution in [2.45, 2.75) is 26.7 Å². The van der Waals surface area contributed by atoms with Gasteiger partial charge in [-0.15, -0.1) is 0 Å². The van der Waals surface area contributed by atoms with Crippen LogP contribution in [-0.4, -0.2) is 45.1 Å². The van der Waals surface area contributed by atoms with Crippen molar-refractivity contribution in [3.8, 4) is 0 Å². The number of sulfonamides is 1. The number of benzene rings is 1. The van der Waals surface area contributed by atoms with Gasteiger partial charge in [0.1, 0.15) is 6.54 Å². The number of halogens is 1. The van der Waals surface area contributed by atoms with E-state index in [4.69, 9.17) is 11.6 Å². The van der Waals surface area contributed by atoms with E-state index < -0.39 is 10.0 Å². The van der Waals surface area contributed by atoms with Crippen molar-refractivity contribution in [3.63, 3.8) is 0 Å². The highest BCUT2D eigenvalue weighted by molar-refractivity contribution is 7.92. The van der Waals surface area contributed by atoms with Crippen molar-refractivity contribution in [1.82, 2.24) is 4.90 Å². The van der Waals surface area contributed by atoms with Gasteiger partial charge in [0.25, 0.3) is 0 Å². The molecule has 23 heavy (non-hydrogen) atoms. The SMILES string of the molecule is Cc1ccc(N(CC(=O)N2CCC[C@@H](C)C2)S(C)(=O)=O)cc1Cl. The van der Waals surface area contributed by atoms with Crippen LogP contribution in [0.4, 0.5) is 5.69 Å². The van der Waals surface area contributed by atoms with Gasteiger partial charge >= 0.3 is 0 Å². The predicted molar refractivity (Wildman–Crippen MR) is 93.4 cm³/mol. The lowest BCUT2D eigenvalue weighted by Crippen LogP contribution is -2.46. The second-order valence-electron chi connectivity index (χ2n) is 6.29. The molecule has 1 saturated heterocycles. The fourth-order valence-corrected chi connectivity index (χ4v) is 3.79. The molecule has 1 heterocycles. The standard InChI is InChI=1S/C16H23ClN2O3S/c1-12-5-4-8-18(10-12)16(20)11-19(23(3,21)22)14-7-6-13(2)15(17)9-14/h6-7,9,12H,4-5,8,10-11H2,1-3H3/t12-/m1/s1. The van der Waals surface area contributed by atoms with Gasteiger partial charge in [-0.25, -0.2) is 8.42 Å². The molecule has 0 saturated carbocycles. The molecule has 1 atom stereocenters. The summed E-state index contributed by atoms with van der Waals surface area (Å²) in [5, 5.41) is 0.482. The fraction of sp³-hybridized carbons (Fsp3) is 0.562. The Labute approximate surface area is 143 Å². The minimum absolute atomic E-state index is 0.168. The van der Waals surface area contributed by atoms with E-state index in [0.29, 0.717) is 29.7 Å². The molecule has 7 heteroatoms. The first-order chi connectivity index (χ1) is 10.7. The van der Waals surface area contributed by atoms with Crippen molar-refractivity contribution in [2.75, 3.05) is 30.2 Å². The zero-order valence-corrected chi connectivity index (χ0v) is 15.3. The molecular weight excluding hydrogens is 336 g/mol. The Morgan fingerprint density at radius 3 is 2.70 bits per heavy atom. The van der Waals surface area contributed by atoms with Gasteiger partial charge in [0, 0.05) is 18.1 Å². The highest BCUT2D eigenvalue weighted by Gasteiger charge is 2.26. The van der Waals surface area contributed by atoms with Crippen LogP contribution in [0.15, 0.2) is 18.2 Å². The number of hydrogen-bond donors (Lipinski definition) is 0. The maximum Gasteiger partial charge on any atom is 0.243 e. The maximum absolute atomic E-state index is 12.5. The molecule has 2 rings (SSSR count). The summed E-state index contributed by atoms with van der Waals surface area (Å²) in [4.78, 5) is 14.3. The maximum atomic E-state index is 12.5. The summed E-state index contributed by atoms with van der Waals surface area (Å²) in [5.41, 5.74) is 1.28. The number of rotatable bonds is 4. The van der Waals surface area contributed by atoms with E-state index in [0.717, 1.165) is 29.0 Å². The molecule has 1 aromatic carbocycles. The van der Waals surface area contributed by atoms with Crippen LogP contribution in [-0.2, 0) is 14.8 Å². The molecule has 0 radical (unpaired) electrons. The summed E-state index contributed by atoms with van der Waals surface area (Å²) in [6.07, 6.45) is 3.17. The molecule has 1 aliphatic rings. The molecule has 128 valence electrons. The lowest BCUT2D eigenvalue weighted by atomic mass is 10.0. The number of likely N-dealkylation sites (tertiary alicyclic amines) is 1. The summed E-state index contributed by atoms with van der Waals surface area (Å²) in [6.45, 7) is 5.14. The quantitative estimate of drug-likeness (QED) is 0.831. The second-order valence-corrected chi connectivity index (χ2v) is 8.60. The number of piperidine rings is 1. The lowest BCUT2D eigenvalue weighted by Gasteiger charge is -2.33. The fourth-order valence-electron chi connectivity index (χ4n) is 2.78. The van der Waals surface area contributed by atoms with E-state index in [-0.39, 0.29) is 12.5 Å². The normalized spacial score (nSPS) is 18.8. The van der Waals surface area contributed by atoms with Crippen molar-refractivity contribution < 1.29 is 13.2 Å². The van der Waals surface area contributed by atoms with Gasteiger partial charge in [-0.3, -0.25) is 9.10 Å². The average molecular weight is 359 g/mol. The van der Waals surface area contributed by atoms with Gasteiger partial charge in [-0.05, 0) is 43.4 Å². The molecule has 1 aromatic rings. The van der Waals surface area contributed by atoms with Gasteiger partial charge in [0.15, 0.2) is 0 Å². The number of aryl methyl sites for hydroxylation is 1. The highest BCUT2D eigenvalue weighted by atomic mass is 35.5. The van der Waals surface area contributed by atoms with E-state index in [1.54, 1.807) is 23.1 Å². The molecule has 1 aliphatic heterocycles. The van der Waals surface area contributed by atoms with E-state index in [1.807, 2.05) is 6.92 Å². The second kappa shape index (κ2) is 7.09. The highest BCUT2D eigenvalue weighted by Crippen LogP contribution is 2.25. The number of nitrogens with zero attached hydrogens (tertiary/aromatic N) is 2. The predicted octanol–water partition coefficient (Wildman–Crippen LogP) is 2.67.